The lowest BCUT2D eigenvalue weighted by atomic mass is 9.90. The molecule has 1 saturated heterocycles. The summed E-state index contributed by atoms with van der Waals surface area (Å²) in [4.78, 5) is 11.9. The Labute approximate surface area is 96.3 Å². The maximum Gasteiger partial charge on any atom is 0.240 e. The van der Waals surface area contributed by atoms with Crippen LogP contribution in [0.2, 0.25) is 0 Å². The average Bonchev–Trinajstić information content (AvgIpc) is 2.17. The number of rotatable bonds is 4. The van der Waals surface area contributed by atoms with Crippen molar-refractivity contribution in [1.29, 1.82) is 0 Å². The second-order valence-corrected chi connectivity index (χ2v) is 4.73. The van der Waals surface area contributed by atoms with Gasteiger partial charge in [-0.25, -0.2) is 0 Å². The summed E-state index contributed by atoms with van der Waals surface area (Å²) >= 11 is 0. The molecule has 1 rings (SSSR count). The third-order valence-electron chi connectivity index (χ3n) is 2.91. The van der Waals surface area contributed by atoms with Crippen molar-refractivity contribution in [3.8, 4) is 0 Å². The Morgan fingerprint density at radius 3 is 2.56 bits per heavy atom. The molecule has 2 unspecified atom stereocenters. The number of amides is 1. The first kappa shape index (κ1) is 13.4. The fourth-order valence-corrected chi connectivity index (χ4v) is 1.90. The normalized spacial score (nSPS) is 23.5. The SMILES string of the molecule is CC(O)CC(C)NC(=O)C1(N)CCOCC1. The molecular formula is C11H22N2O3. The van der Waals surface area contributed by atoms with E-state index >= 15 is 0 Å². The first-order chi connectivity index (χ1) is 7.44. The van der Waals surface area contributed by atoms with Gasteiger partial charge in [-0.1, -0.05) is 0 Å². The van der Waals surface area contributed by atoms with Gasteiger partial charge in [0.25, 0.3) is 0 Å². The maximum absolute atomic E-state index is 11.9. The van der Waals surface area contributed by atoms with Crippen molar-refractivity contribution in [2.45, 2.75) is 50.8 Å². The van der Waals surface area contributed by atoms with Crippen LogP contribution in [0.1, 0.15) is 33.1 Å². The third kappa shape index (κ3) is 3.73. The first-order valence-corrected chi connectivity index (χ1v) is 5.80. The molecule has 94 valence electrons. The Balaban J connectivity index is 2.44. The van der Waals surface area contributed by atoms with Crippen LogP contribution in [0, 0.1) is 0 Å². The van der Waals surface area contributed by atoms with Gasteiger partial charge in [0.2, 0.25) is 5.91 Å². The predicted molar refractivity (Wildman–Crippen MR) is 60.9 cm³/mol. The minimum atomic E-state index is -0.800. The van der Waals surface area contributed by atoms with Gasteiger partial charge in [-0.05, 0) is 33.1 Å². The number of carbonyl (C=O) groups excluding carboxylic acids is 1. The van der Waals surface area contributed by atoms with Gasteiger partial charge in [-0.2, -0.15) is 0 Å². The van der Waals surface area contributed by atoms with Crippen LogP contribution in [0.15, 0.2) is 0 Å². The number of nitrogens with two attached hydrogens (primary N) is 1. The lowest BCUT2D eigenvalue weighted by molar-refractivity contribution is -0.130. The van der Waals surface area contributed by atoms with E-state index in [9.17, 15) is 9.90 Å². The molecule has 5 heteroatoms. The Morgan fingerprint density at radius 1 is 1.50 bits per heavy atom. The molecule has 0 saturated carbocycles. The zero-order chi connectivity index (χ0) is 12.2. The smallest absolute Gasteiger partial charge is 0.240 e. The number of aliphatic hydroxyl groups is 1. The van der Waals surface area contributed by atoms with E-state index in [1.165, 1.54) is 0 Å². The van der Waals surface area contributed by atoms with Gasteiger partial charge in [-0.15, -0.1) is 0 Å². The fraction of sp³-hybridized carbons (Fsp3) is 0.909. The third-order valence-corrected chi connectivity index (χ3v) is 2.91. The summed E-state index contributed by atoms with van der Waals surface area (Å²) in [5.41, 5.74) is 5.23. The lowest BCUT2D eigenvalue weighted by Gasteiger charge is -2.33. The average molecular weight is 230 g/mol. The van der Waals surface area contributed by atoms with Gasteiger partial charge in [0.05, 0.1) is 11.6 Å². The van der Waals surface area contributed by atoms with E-state index in [0.29, 0.717) is 32.5 Å². The number of ether oxygens (including phenoxy) is 1. The molecule has 0 aromatic rings. The van der Waals surface area contributed by atoms with E-state index in [1.807, 2.05) is 6.92 Å². The Bertz CT molecular complexity index is 237. The Hall–Kier alpha value is -0.650. The molecule has 0 aliphatic carbocycles. The molecule has 1 fully saturated rings. The highest BCUT2D eigenvalue weighted by molar-refractivity contribution is 5.86. The van der Waals surface area contributed by atoms with E-state index in [0.717, 1.165) is 0 Å². The van der Waals surface area contributed by atoms with Gasteiger partial charge in [0.15, 0.2) is 0 Å². The summed E-state index contributed by atoms with van der Waals surface area (Å²) in [5.74, 6) is -0.135. The fourth-order valence-electron chi connectivity index (χ4n) is 1.90. The van der Waals surface area contributed by atoms with E-state index in [4.69, 9.17) is 10.5 Å². The van der Waals surface area contributed by atoms with Crippen molar-refractivity contribution < 1.29 is 14.6 Å². The lowest BCUT2D eigenvalue weighted by Crippen LogP contribution is -2.58. The molecular weight excluding hydrogens is 208 g/mol. The largest absolute Gasteiger partial charge is 0.393 e. The minimum absolute atomic E-state index is 0.0595. The summed E-state index contributed by atoms with van der Waals surface area (Å²) in [6.07, 6.45) is 1.23. The van der Waals surface area contributed by atoms with Crippen LogP contribution in [-0.2, 0) is 9.53 Å². The highest BCUT2D eigenvalue weighted by Crippen LogP contribution is 2.18. The van der Waals surface area contributed by atoms with Gasteiger partial charge in [0.1, 0.15) is 0 Å². The monoisotopic (exact) mass is 230 g/mol. The highest BCUT2D eigenvalue weighted by Gasteiger charge is 2.36. The number of hydrogen-bond donors (Lipinski definition) is 3. The molecule has 1 aliphatic rings. The molecule has 1 amide bonds. The topological polar surface area (TPSA) is 84.6 Å². The van der Waals surface area contributed by atoms with Crippen molar-refractivity contribution in [2.75, 3.05) is 13.2 Å². The molecule has 0 bridgehead atoms. The number of carbonyl (C=O) groups is 1. The van der Waals surface area contributed by atoms with Crippen molar-refractivity contribution in [3.63, 3.8) is 0 Å². The van der Waals surface area contributed by atoms with E-state index in [1.54, 1.807) is 6.92 Å². The van der Waals surface area contributed by atoms with Crippen molar-refractivity contribution >= 4 is 5.91 Å². The summed E-state index contributed by atoms with van der Waals surface area (Å²) in [7, 11) is 0. The summed E-state index contributed by atoms with van der Waals surface area (Å²) < 4.78 is 5.18. The molecule has 16 heavy (non-hydrogen) atoms. The maximum atomic E-state index is 11.9. The molecule has 1 aliphatic heterocycles. The Kier molecular flexibility index (Phi) is 4.70. The molecule has 0 aromatic heterocycles. The molecule has 0 spiro atoms. The summed E-state index contributed by atoms with van der Waals surface area (Å²) in [6.45, 7) is 4.64. The van der Waals surface area contributed by atoms with Crippen LogP contribution >= 0.6 is 0 Å². The number of nitrogens with one attached hydrogen (secondary N) is 1. The molecule has 0 radical (unpaired) electrons. The molecule has 0 aromatic carbocycles. The van der Waals surface area contributed by atoms with Gasteiger partial charge >= 0.3 is 0 Å². The second-order valence-electron chi connectivity index (χ2n) is 4.73. The van der Waals surface area contributed by atoms with Crippen LogP contribution < -0.4 is 11.1 Å². The van der Waals surface area contributed by atoms with Gasteiger partial charge < -0.3 is 20.9 Å². The summed E-state index contributed by atoms with van der Waals surface area (Å²) in [6, 6.07) is -0.0595. The first-order valence-electron chi connectivity index (χ1n) is 5.80. The molecule has 2 atom stereocenters. The number of aliphatic hydroxyl groups excluding tert-OH is 1. The van der Waals surface area contributed by atoms with Crippen LogP contribution in [-0.4, -0.2) is 41.9 Å². The molecule has 4 N–H and O–H groups in total. The quantitative estimate of drug-likeness (QED) is 0.623. The zero-order valence-electron chi connectivity index (χ0n) is 10.0. The van der Waals surface area contributed by atoms with Crippen LogP contribution in [0.3, 0.4) is 0 Å². The predicted octanol–water partition coefficient (Wildman–Crippen LogP) is -0.230. The highest BCUT2D eigenvalue weighted by atomic mass is 16.5. The van der Waals surface area contributed by atoms with Crippen LogP contribution in [0.4, 0.5) is 0 Å². The van der Waals surface area contributed by atoms with Crippen LogP contribution in [0.5, 0.6) is 0 Å². The zero-order valence-corrected chi connectivity index (χ0v) is 10.0. The second kappa shape index (κ2) is 5.61. The van der Waals surface area contributed by atoms with E-state index < -0.39 is 11.6 Å². The van der Waals surface area contributed by atoms with E-state index in [-0.39, 0.29) is 11.9 Å². The molecule has 5 nitrogen and oxygen atoms in total. The van der Waals surface area contributed by atoms with Crippen molar-refractivity contribution in [3.05, 3.63) is 0 Å². The molecule has 1 heterocycles. The van der Waals surface area contributed by atoms with E-state index in [2.05, 4.69) is 5.32 Å². The Morgan fingerprint density at radius 2 is 2.06 bits per heavy atom. The number of hydrogen-bond acceptors (Lipinski definition) is 4. The van der Waals surface area contributed by atoms with Crippen molar-refractivity contribution in [2.24, 2.45) is 5.73 Å². The minimum Gasteiger partial charge on any atom is -0.393 e. The van der Waals surface area contributed by atoms with Crippen molar-refractivity contribution in [1.82, 2.24) is 5.32 Å². The summed E-state index contributed by atoms with van der Waals surface area (Å²) in [5, 5.41) is 12.0. The standard InChI is InChI=1S/C11H22N2O3/c1-8(7-9(2)14)13-10(15)11(12)3-5-16-6-4-11/h8-9,14H,3-7,12H2,1-2H3,(H,13,15). The van der Waals surface area contributed by atoms with Gasteiger partial charge in [-0.3, -0.25) is 4.79 Å². The van der Waals surface area contributed by atoms with Gasteiger partial charge in [0, 0.05) is 19.3 Å². The van der Waals surface area contributed by atoms with Crippen LogP contribution in [0.25, 0.3) is 0 Å².